The van der Waals surface area contributed by atoms with E-state index in [-0.39, 0.29) is 6.17 Å². The van der Waals surface area contributed by atoms with Crippen molar-refractivity contribution < 1.29 is 47.7 Å². The van der Waals surface area contributed by atoms with Gasteiger partial charge in [-0.15, -0.1) is 0 Å². The van der Waals surface area contributed by atoms with E-state index in [9.17, 15) is 43.2 Å². The lowest BCUT2D eigenvalue weighted by molar-refractivity contribution is -0.671. The van der Waals surface area contributed by atoms with Gasteiger partial charge in [0, 0.05) is 6.42 Å². The zero-order valence-electron chi connectivity index (χ0n) is 14.8. The average Bonchev–Trinajstić information content (AvgIpc) is 2.91. The van der Waals surface area contributed by atoms with Gasteiger partial charge in [0.05, 0.1) is 7.05 Å². The fourth-order valence-electron chi connectivity index (χ4n) is 1.63. The minimum Gasteiger partial charge on any atom is -0.421 e. The minimum atomic E-state index is -6.72. The van der Waals surface area contributed by atoms with Crippen LogP contribution in [-0.2, 0) is 27.1 Å². The molecule has 0 spiro atoms. The number of unbranched alkanes of at least 4 members (excludes halogenated alkanes) is 2. The standard InChI is InChI=1S/C10H20N3.C2F6NO4S2/c1-3-4-5-6-10(11)13-8-7-12(2)9-13;3-1(4,5)14(10,11)9-15(12,13)2(6,7)8/h7-10H,3-6,11H2,1-2H3;/q+1;-1. The Morgan fingerprint density at radius 2 is 1.50 bits per heavy atom. The van der Waals surface area contributed by atoms with Crippen LogP contribution in [0.4, 0.5) is 26.3 Å². The summed E-state index contributed by atoms with van der Waals surface area (Å²) in [7, 11) is -11.4. The Hall–Kier alpha value is -1.39. The molecule has 0 aliphatic heterocycles. The number of aryl methyl sites for hydroxylation is 1. The van der Waals surface area contributed by atoms with Crippen LogP contribution in [0.5, 0.6) is 0 Å². The summed E-state index contributed by atoms with van der Waals surface area (Å²) in [5.41, 5.74) is -6.41. The molecule has 1 unspecified atom stereocenters. The third-order valence-corrected chi connectivity index (χ3v) is 5.80. The summed E-state index contributed by atoms with van der Waals surface area (Å²) >= 11 is 0. The van der Waals surface area contributed by atoms with E-state index in [2.05, 4.69) is 11.5 Å². The molecule has 0 aliphatic carbocycles. The molecule has 1 rings (SSSR count). The monoisotopic (exact) mass is 462 g/mol. The second-order valence-corrected chi connectivity index (χ2v) is 8.93. The summed E-state index contributed by atoms with van der Waals surface area (Å²) in [6.07, 6.45) is 11.0. The SMILES string of the molecule is CCCCCC(N)n1cc[n+](C)c1.O=S(=O)([N-]S(=O)(=O)C(F)(F)F)C(F)(F)F. The van der Waals surface area contributed by atoms with Crippen LogP contribution in [0.15, 0.2) is 18.7 Å². The quantitative estimate of drug-likeness (QED) is 0.379. The first-order valence-electron chi connectivity index (χ1n) is 7.59. The summed E-state index contributed by atoms with van der Waals surface area (Å²) in [5.74, 6) is 0. The number of imidazole rings is 1. The van der Waals surface area contributed by atoms with E-state index < -0.39 is 31.1 Å². The van der Waals surface area contributed by atoms with E-state index in [1.54, 1.807) is 0 Å². The Labute approximate surface area is 158 Å². The molecule has 0 aromatic carbocycles. The van der Waals surface area contributed by atoms with Crippen LogP contribution in [-0.4, -0.2) is 32.4 Å². The van der Waals surface area contributed by atoms with Gasteiger partial charge in [0.2, 0.25) is 6.33 Å². The second-order valence-electron chi connectivity index (χ2n) is 5.51. The van der Waals surface area contributed by atoms with Crippen molar-refractivity contribution in [2.24, 2.45) is 12.8 Å². The lowest BCUT2D eigenvalue weighted by Crippen LogP contribution is -2.30. The highest BCUT2D eigenvalue weighted by molar-refractivity contribution is 8.13. The molecule has 0 amide bonds. The molecule has 1 atom stereocenters. The third kappa shape index (κ3) is 8.32. The minimum absolute atomic E-state index is 0.146. The molecule has 1 heterocycles. The van der Waals surface area contributed by atoms with Crippen LogP contribution in [0.1, 0.15) is 38.8 Å². The highest BCUT2D eigenvalue weighted by Crippen LogP contribution is 2.36. The lowest BCUT2D eigenvalue weighted by atomic mass is 10.2. The van der Waals surface area contributed by atoms with Crippen molar-refractivity contribution >= 4 is 20.0 Å². The number of hydrogen-bond acceptors (Lipinski definition) is 5. The Bertz CT molecular complexity index is 776. The molecule has 0 saturated heterocycles. The molecule has 0 saturated carbocycles. The van der Waals surface area contributed by atoms with Crippen molar-refractivity contribution in [2.75, 3.05) is 0 Å². The van der Waals surface area contributed by atoms with Crippen LogP contribution >= 0.6 is 0 Å². The van der Waals surface area contributed by atoms with Crippen molar-refractivity contribution in [3.05, 3.63) is 22.8 Å². The number of nitrogens with zero attached hydrogens (tertiary/aromatic N) is 3. The van der Waals surface area contributed by atoms with Crippen molar-refractivity contribution in [3.63, 3.8) is 0 Å². The summed E-state index contributed by atoms with van der Waals surface area (Å²) in [5, 5.41) is 0. The van der Waals surface area contributed by atoms with Gasteiger partial charge in [-0.3, -0.25) is 5.73 Å². The van der Waals surface area contributed by atoms with E-state index in [1.165, 1.54) is 19.3 Å². The molecule has 1 aromatic rings. The van der Waals surface area contributed by atoms with Crippen LogP contribution < -0.4 is 10.3 Å². The molecule has 16 heteroatoms. The lowest BCUT2D eigenvalue weighted by Gasteiger charge is -2.22. The highest BCUT2D eigenvalue weighted by Gasteiger charge is 2.46. The zero-order chi connectivity index (χ0) is 22.4. The van der Waals surface area contributed by atoms with Crippen LogP contribution in [0.3, 0.4) is 0 Å². The van der Waals surface area contributed by atoms with Crippen LogP contribution in [0.25, 0.3) is 4.13 Å². The number of sulfonamides is 2. The normalized spacial score (nSPS) is 14.3. The van der Waals surface area contributed by atoms with Gasteiger partial charge < -0.3 is 4.13 Å². The summed E-state index contributed by atoms with van der Waals surface area (Å²) in [6.45, 7) is 2.21. The van der Waals surface area contributed by atoms with Crippen LogP contribution in [0, 0.1) is 0 Å². The summed E-state index contributed by atoms with van der Waals surface area (Å²) in [4.78, 5) is 0. The van der Waals surface area contributed by atoms with E-state index >= 15 is 0 Å². The molecule has 2 N–H and O–H groups in total. The van der Waals surface area contributed by atoms with E-state index in [0.717, 1.165) is 10.5 Å². The van der Waals surface area contributed by atoms with Crippen molar-refractivity contribution in [3.8, 4) is 0 Å². The number of nitrogens with two attached hydrogens (primary N) is 1. The number of halogens is 6. The predicted octanol–water partition coefficient (Wildman–Crippen LogP) is 2.41. The number of aromatic nitrogens is 2. The van der Waals surface area contributed by atoms with Crippen molar-refractivity contribution in [2.45, 2.75) is 49.8 Å². The van der Waals surface area contributed by atoms with Crippen molar-refractivity contribution in [1.82, 2.24) is 4.57 Å². The van der Waals surface area contributed by atoms with Gasteiger partial charge in [0.1, 0.15) is 12.4 Å². The second kappa shape index (κ2) is 9.89. The molecule has 8 nitrogen and oxygen atoms in total. The van der Waals surface area contributed by atoms with Crippen molar-refractivity contribution in [1.29, 1.82) is 0 Å². The largest absolute Gasteiger partial charge is 0.480 e. The first kappa shape index (κ1) is 26.6. The maximum absolute atomic E-state index is 11.4. The molecule has 1 aromatic heterocycles. The molecule has 0 bridgehead atoms. The molecule has 0 radical (unpaired) electrons. The Kier molecular flexibility index (Phi) is 9.40. The topological polar surface area (TPSA) is 117 Å². The van der Waals surface area contributed by atoms with Gasteiger partial charge in [-0.1, -0.05) is 19.8 Å². The maximum Gasteiger partial charge on any atom is 0.480 e. The van der Waals surface area contributed by atoms with Gasteiger partial charge in [-0.25, -0.2) is 26.0 Å². The average molecular weight is 462 g/mol. The van der Waals surface area contributed by atoms with Crippen LogP contribution in [0.2, 0.25) is 0 Å². The molecule has 0 aliphatic rings. The van der Waals surface area contributed by atoms with E-state index in [4.69, 9.17) is 5.73 Å². The number of rotatable bonds is 7. The fourth-order valence-corrected chi connectivity index (χ4v) is 3.34. The molecule has 28 heavy (non-hydrogen) atoms. The van der Waals surface area contributed by atoms with Gasteiger partial charge in [0.15, 0.2) is 26.2 Å². The first-order chi connectivity index (χ1) is 12.4. The molecular formula is C12H20F6N4O4S2. The molecular weight excluding hydrogens is 442 g/mol. The molecule has 166 valence electrons. The number of alkyl halides is 6. The Morgan fingerprint density at radius 3 is 1.82 bits per heavy atom. The van der Waals surface area contributed by atoms with Gasteiger partial charge >= 0.3 is 11.0 Å². The van der Waals surface area contributed by atoms with Gasteiger partial charge in [-0.2, -0.15) is 26.3 Å². The third-order valence-electron chi connectivity index (χ3n) is 3.06. The number of hydrogen-bond donors (Lipinski definition) is 1. The van der Waals surface area contributed by atoms with Gasteiger partial charge in [-0.05, 0) is 6.42 Å². The van der Waals surface area contributed by atoms with E-state index in [0.29, 0.717) is 0 Å². The smallest absolute Gasteiger partial charge is 0.421 e. The summed E-state index contributed by atoms with van der Waals surface area (Å²) in [6, 6.07) is 0. The molecule has 0 fully saturated rings. The zero-order valence-corrected chi connectivity index (χ0v) is 16.4. The van der Waals surface area contributed by atoms with Gasteiger partial charge in [0.25, 0.3) is 0 Å². The van der Waals surface area contributed by atoms with E-state index in [1.807, 2.05) is 30.3 Å². The highest BCUT2D eigenvalue weighted by atomic mass is 32.3. The summed E-state index contributed by atoms with van der Waals surface area (Å²) < 4.78 is 113. The fraction of sp³-hybridized carbons (Fsp3) is 0.750. The maximum atomic E-state index is 11.4. The predicted molar refractivity (Wildman–Crippen MR) is 86.3 cm³/mol. The first-order valence-corrected chi connectivity index (χ1v) is 10.5. The Balaban J connectivity index is 0.000000525. The Morgan fingerprint density at radius 1 is 1.04 bits per heavy atom.